The SMILES string of the molecule is COc1ccc(-c2[nH]c3ccccc3c2CCC(=O)NCc2ccnc(-n3cccn3)c2)cc1. The summed E-state index contributed by atoms with van der Waals surface area (Å²) in [4.78, 5) is 20.6. The molecular weight excluding hydrogens is 426 g/mol. The minimum Gasteiger partial charge on any atom is -0.497 e. The predicted molar refractivity (Wildman–Crippen MR) is 132 cm³/mol. The van der Waals surface area contributed by atoms with Crippen molar-refractivity contribution in [1.29, 1.82) is 0 Å². The Labute approximate surface area is 197 Å². The summed E-state index contributed by atoms with van der Waals surface area (Å²) in [5, 5.41) is 8.38. The number of carbonyl (C=O) groups is 1. The van der Waals surface area contributed by atoms with Crippen LogP contribution in [-0.4, -0.2) is 32.8 Å². The zero-order valence-electron chi connectivity index (χ0n) is 18.9. The molecule has 0 atom stereocenters. The fraction of sp³-hybridized carbons (Fsp3) is 0.148. The third-order valence-corrected chi connectivity index (χ3v) is 5.83. The highest BCUT2D eigenvalue weighted by atomic mass is 16.5. The summed E-state index contributed by atoms with van der Waals surface area (Å²) < 4.78 is 6.99. The van der Waals surface area contributed by atoms with E-state index >= 15 is 0 Å². The van der Waals surface area contributed by atoms with E-state index in [1.807, 2.05) is 60.8 Å². The van der Waals surface area contributed by atoms with Gasteiger partial charge in [-0.3, -0.25) is 4.79 Å². The Kier molecular flexibility index (Phi) is 6.07. The lowest BCUT2D eigenvalue weighted by Crippen LogP contribution is -2.23. The zero-order chi connectivity index (χ0) is 23.3. The first-order valence-corrected chi connectivity index (χ1v) is 11.2. The van der Waals surface area contributed by atoms with E-state index in [1.54, 1.807) is 24.2 Å². The standard InChI is InChI=1S/C27H25N5O2/c1-34-21-9-7-20(8-10-21)27-23(22-5-2-3-6-24(22)31-27)11-12-26(33)29-18-19-13-15-28-25(17-19)32-16-4-14-30-32/h2-10,13-17,31H,11-12,18H2,1H3,(H,29,33). The van der Waals surface area contributed by atoms with Crippen molar-refractivity contribution in [3.8, 4) is 22.8 Å². The molecule has 0 unspecified atom stereocenters. The van der Waals surface area contributed by atoms with Crippen molar-refractivity contribution >= 4 is 16.8 Å². The molecule has 3 aromatic heterocycles. The Bertz CT molecular complexity index is 1410. The van der Waals surface area contributed by atoms with Crippen molar-refractivity contribution in [2.24, 2.45) is 0 Å². The van der Waals surface area contributed by atoms with E-state index < -0.39 is 0 Å². The number of methoxy groups -OCH3 is 1. The highest BCUT2D eigenvalue weighted by molar-refractivity contribution is 5.91. The first kappa shape index (κ1) is 21.5. The van der Waals surface area contributed by atoms with Crippen LogP contribution in [0.3, 0.4) is 0 Å². The van der Waals surface area contributed by atoms with Gasteiger partial charge in [0.15, 0.2) is 5.82 Å². The highest BCUT2D eigenvalue weighted by Gasteiger charge is 2.15. The molecule has 0 saturated carbocycles. The van der Waals surface area contributed by atoms with Crippen molar-refractivity contribution < 1.29 is 9.53 Å². The average molecular weight is 452 g/mol. The predicted octanol–water partition coefficient (Wildman–Crippen LogP) is 4.67. The van der Waals surface area contributed by atoms with Gasteiger partial charge in [-0.15, -0.1) is 0 Å². The quantitative estimate of drug-likeness (QED) is 0.359. The van der Waals surface area contributed by atoms with Gasteiger partial charge in [-0.05, 0) is 71.6 Å². The van der Waals surface area contributed by atoms with Crippen molar-refractivity contribution in [1.82, 2.24) is 25.1 Å². The third kappa shape index (κ3) is 4.54. The fourth-order valence-corrected chi connectivity index (χ4v) is 4.09. The van der Waals surface area contributed by atoms with Gasteiger partial charge >= 0.3 is 0 Å². The molecule has 0 spiro atoms. The Morgan fingerprint density at radius 2 is 1.91 bits per heavy atom. The second kappa shape index (κ2) is 9.62. The molecule has 2 N–H and O–H groups in total. The number of H-pyrrole nitrogens is 1. The maximum atomic E-state index is 12.7. The number of aromatic amines is 1. The monoisotopic (exact) mass is 451 g/mol. The Morgan fingerprint density at radius 3 is 2.71 bits per heavy atom. The maximum Gasteiger partial charge on any atom is 0.220 e. The number of carbonyl (C=O) groups excluding carboxylic acids is 1. The summed E-state index contributed by atoms with van der Waals surface area (Å²) >= 11 is 0. The molecule has 0 fully saturated rings. The van der Waals surface area contributed by atoms with E-state index in [0.29, 0.717) is 19.4 Å². The van der Waals surface area contributed by atoms with Gasteiger partial charge in [0.1, 0.15) is 5.75 Å². The summed E-state index contributed by atoms with van der Waals surface area (Å²) in [5.74, 6) is 1.54. The summed E-state index contributed by atoms with van der Waals surface area (Å²) in [7, 11) is 1.66. The number of benzene rings is 2. The van der Waals surface area contributed by atoms with Crippen LogP contribution < -0.4 is 10.1 Å². The van der Waals surface area contributed by atoms with Gasteiger partial charge in [0, 0.05) is 48.2 Å². The van der Waals surface area contributed by atoms with Crippen LogP contribution in [0, 0.1) is 0 Å². The minimum absolute atomic E-state index is 0.00316. The number of hydrogen-bond acceptors (Lipinski definition) is 4. The van der Waals surface area contributed by atoms with Gasteiger partial charge < -0.3 is 15.0 Å². The number of hydrogen-bond donors (Lipinski definition) is 2. The lowest BCUT2D eigenvalue weighted by Gasteiger charge is -2.09. The summed E-state index contributed by atoms with van der Waals surface area (Å²) in [6.45, 7) is 0.439. The number of ether oxygens (including phenoxy) is 1. The molecule has 170 valence electrons. The van der Waals surface area contributed by atoms with Crippen LogP contribution in [0.15, 0.2) is 85.3 Å². The van der Waals surface area contributed by atoms with E-state index in [9.17, 15) is 4.79 Å². The zero-order valence-corrected chi connectivity index (χ0v) is 18.9. The van der Waals surface area contributed by atoms with Crippen LogP contribution in [0.4, 0.5) is 0 Å². The Morgan fingerprint density at radius 1 is 1.06 bits per heavy atom. The topological polar surface area (TPSA) is 84.8 Å². The van der Waals surface area contributed by atoms with Crippen molar-refractivity contribution in [3.05, 3.63) is 96.4 Å². The van der Waals surface area contributed by atoms with Crippen molar-refractivity contribution in [2.45, 2.75) is 19.4 Å². The lowest BCUT2D eigenvalue weighted by atomic mass is 10.0. The van der Waals surface area contributed by atoms with Gasteiger partial charge in [0.05, 0.1) is 7.11 Å². The molecule has 0 radical (unpaired) electrons. The van der Waals surface area contributed by atoms with Crippen LogP contribution in [0.2, 0.25) is 0 Å². The van der Waals surface area contributed by atoms with E-state index in [-0.39, 0.29) is 5.91 Å². The number of pyridine rings is 1. The van der Waals surface area contributed by atoms with E-state index in [0.717, 1.165) is 44.9 Å². The molecule has 0 bridgehead atoms. The average Bonchev–Trinajstić information content (AvgIpc) is 3.55. The van der Waals surface area contributed by atoms with Crippen LogP contribution in [-0.2, 0) is 17.8 Å². The van der Waals surface area contributed by atoms with E-state index in [4.69, 9.17) is 4.74 Å². The number of rotatable bonds is 8. The molecule has 0 saturated heterocycles. The van der Waals surface area contributed by atoms with Crippen LogP contribution in [0.25, 0.3) is 28.0 Å². The number of aryl methyl sites for hydroxylation is 1. The Hall–Kier alpha value is -4.39. The molecule has 34 heavy (non-hydrogen) atoms. The van der Waals surface area contributed by atoms with E-state index in [1.165, 1.54) is 0 Å². The molecule has 3 heterocycles. The van der Waals surface area contributed by atoms with Gasteiger partial charge in [-0.25, -0.2) is 9.67 Å². The van der Waals surface area contributed by atoms with Gasteiger partial charge in [0.25, 0.3) is 0 Å². The van der Waals surface area contributed by atoms with Crippen LogP contribution in [0.5, 0.6) is 5.75 Å². The van der Waals surface area contributed by atoms with Crippen LogP contribution in [0.1, 0.15) is 17.5 Å². The smallest absolute Gasteiger partial charge is 0.220 e. The second-order valence-electron chi connectivity index (χ2n) is 8.00. The number of para-hydroxylation sites is 1. The Balaban J connectivity index is 1.29. The first-order valence-electron chi connectivity index (χ1n) is 11.2. The molecule has 5 aromatic rings. The van der Waals surface area contributed by atoms with Crippen LogP contribution >= 0.6 is 0 Å². The molecule has 0 aliphatic rings. The van der Waals surface area contributed by atoms with Crippen molar-refractivity contribution in [2.75, 3.05) is 7.11 Å². The third-order valence-electron chi connectivity index (χ3n) is 5.83. The molecule has 1 amide bonds. The number of aromatic nitrogens is 4. The molecule has 0 aliphatic carbocycles. The highest BCUT2D eigenvalue weighted by Crippen LogP contribution is 2.32. The van der Waals surface area contributed by atoms with E-state index in [2.05, 4.69) is 32.5 Å². The first-order chi connectivity index (χ1) is 16.7. The van der Waals surface area contributed by atoms with Crippen molar-refractivity contribution in [3.63, 3.8) is 0 Å². The lowest BCUT2D eigenvalue weighted by molar-refractivity contribution is -0.121. The summed E-state index contributed by atoms with van der Waals surface area (Å²) in [5.41, 5.74) is 5.28. The minimum atomic E-state index is 0.00316. The molecule has 2 aromatic carbocycles. The summed E-state index contributed by atoms with van der Waals surface area (Å²) in [6.07, 6.45) is 6.30. The van der Waals surface area contributed by atoms with Gasteiger partial charge in [-0.2, -0.15) is 5.10 Å². The number of nitrogens with one attached hydrogen (secondary N) is 2. The number of nitrogens with zero attached hydrogens (tertiary/aromatic N) is 3. The largest absolute Gasteiger partial charge is 0.497 e. The van der Waals surface area contributed by atoms with Gasteiger partial charge in [0.2, 0.25) is 5.91 Å². The number of fused-ring (bicyclic) bond motifs is 1. The number of amides is 1. The van der Waals surface area contributed by atoms with Gasteiger partial charge in [-0.1, -0.05) is 18.2 Å². The fourth-order valence-electron chi connectivity index (χ4n) is 4.09. The molecule has 5 rings (SSSR count). The maximum absolute atomic E-state index is 12.7. The summed E-state index contributed by atoms with van der Waals surface area (Å²) in [6, 6.07) is 21.8. The second-order valence-corrected chi connectivity index (χ2v) is 8.00. The molecule has 7 nitrogen and oxygen atoms in total. The normalized spacial score (nSPS) is 11.0. The molecule has 0 aliphatic heterocycles. The molecular formula is C27H25N5O2. The molecule has 7 heteroatoms.